The molecule has 17 aromatic carbocycles. The smallest absolute Gasteiger partial charge is 0.252 e. The zero-order chi connectivity index (χ0) is 77.7. The lowest BCUT2D eigenvalue weighted by Crippen LogP contribution is -2.61. The van der Waals surface area contributed by atoms with Gasteiger partial charge in [-0.2, -0.15) is 0 Å². The van der Waals surface area contributed by atoms with Crippen LogP contribution in [0.1, 0.15) is 52.7 Å². The van der Waals surface area contributed by atoms with Gasteiger partial charge in [-0.3, -0.25) is 0 Å². The molecule has 0 unspecified atom stereocenters. The Morgan fingerprint density at radius 2 is 0.595 bits per heavy atom. The summed E-state index contributed by atoms with van der Waals surface area (Å²) in [5.74, 6) is 0. The summed E-state index contributed by atoms with van der Waals surface area (Å²) in [5.41, 5.74) is 36.7. The maximum atomic E-state index is 6.71. The normalized spacial score (nSPS) is 12.7. The molecular formula is C110H81BN4O. The van der Waals surface area contributed by atoms with E-state index in [-0.39, 0.29) is 17.5 Å². The van der Waals surface area contributed by atoms with E-state index in [9.17, 15) is 0 Å². The van der Waals surface area contributed by atoms with E-state index < -0.39 is 0 Å². The number of benzene rings is 17. The fourth-order valence-electron chi connectivity index (χ4n) is 19.1. The maximum absolute atomic E-state index is 6.71. The van der Waals surface area contributed by atoms with Gasteiger partial charge >= 0.3 is 0 Å². The monoisotopic (exact) mass is 1480 g/mol. The summed E-state index contributed by atoms with van der Waals surface area (Å²) in [6, 6.07) is 144. The molecule has 0 radical (unpaired) electrons. The molecular weight excluding hydrogens is 1400 g/mol. The molecule has 6 heteroatoms. The van der Waals surface area contributed by atoms with Gasteiger partial charge in [-0.05, 0) is 209 Å². The van der Waals surface area contributed by atoms with Crippen LogP contribution in [0.15, 0.2) is 387 Å². The van der Waals surface area contributed by atoms with Gasteiger partial charge in [-0.1, -0.05) is 308 Å². The van der Waals surface area contributed by atoms with Gasteiger partial charge in [0.2, 0.25) is 0 Å². The van der Waals surface area contributed by atoms with Gasteiger partial charge < -0.3 is 23.4 Å². The van der Waals surface area contributed by atoms with Crippen molar-refractivity contribution in [2.45, 2.75) is 52.4 Å². The van der Waals surface area contributed by atoms with Crippen LogP contribution in [0.5, 0.6) is 0 Å². The van der Waals surface area contributed by atoms with Crippen molar-refractivity contribution < 1.29 is 4.42 Å². The van der Waals surface area contributed by atoms with Gasteiger partial charge in [-0.15, -0.1) is 0 Å². The second-order valence-corrected chi connectivity index (χ2v) is 33.5. The summed E-state index contributed by atoms with van der Waals surface area (Å²) >= 11 is 0. The molecule has 0 spiro atoms. The highest BCUT2D eigenvalue weighted by Crippen LogP contribution is 2.56. The number of nitrogens with zero attached hydrogens (tertiary/aromatic N) is 4. The van der Waals surface area contributed by atoms with Crippen molar-refractivity contribution in [1.82, 2.24) is 9.13 Å². The van der Waals surface area contributed by atoms with Crippen molar-refractivity contribution >= 4 is 123 Å². The highest BCUT2D eigenvalue weighted by Gasteiger charge is 2.46. The Morgan fingerprint density at radius 1 is 0.241 bits per heavy atom. The molecule has 3 aromatic heterocycles. The van der Waals surface area contributed by atoms with Crippen LogP contribution in [0.2, 0.25) is 0 Å². The van der Waals surface area contributed by atoms with Crippen LogP contribution in [-0.4, -0.2) is 15.8 Å². The lowest BCUT2D eigenvalue weighted by Gasteiger charge is -2.46. The molecule has 0 atom stereocenters. The first-order chi connectivity index (χ1) is 56.8. The average Bonchev–Trinajstić information content (AvgIpc) is 0.783. The molecule has 0 saturated heterocycles. The lowest BCUT2D eigenvalue weighted by atomic mass is 9.33. The quantitative estimate of drug-likeness (QED) is 0.121. The second-order valence-electron chi connectivity index (χ2n) is 33.5. The Labute approximate surface area is 676 Å². The summed E-state index contributed by atoms with van der Waals surface area (Å²) in [4.78, 5) is 5.43. The molecule has 0 fully saturated rings. The van der Waals surface area contributed by atoms with Crippen molar-refractivity contribution in [2.24, 2.45) is 0 Å². The Bertz CT molecular complexity index is 6830. The predicted octanol–water partition coefficient (Wildman–Crippen LogP) is 28.1. The van der Waals surface area contributed by atoms with Crippen molar-refractivity contribution in [3.05, 3.63) is 393 Å². The molecule has 0 amide bonds. The third-order valence-electron chi connectivity index (χ3n) is 24.6. The zero-order valence-electron chi connectivity index (χ0n) is 65.6. The van der Waals surface area contributed by atoms with Gasteiger partial charge in [-0.25, -0.2) is 0 Å². The second kappa shape index (κ2) is 26.7. The number of para-hydroxylation sites is 5. The molecule has 550 valence electrons. The molecule has 0 saturated carbocycles. The summed E-state index contributed by atoms with van der Waals surface area (Å²) in [5, 5.41) is 6.98. The van der Waals surface area contributed by atoms with Crippen molar-refractivity contribution in [2.75, 3.05) is 9.80 Å². The Kier molecular flexibility index (Phi) is 15.8. The lowest BCUT2D eigenvalue weighted by molar-refractivity contribution is 0.590. The number of hydrogen-bond donors (Lipinski definition) is 0. The minimum absolute atomic E-state index is 0.233. The van der Waals surface area contributed by atoms with Gasteiger partial charge in [0.1, 0.15) is 11.2 Å². The van der Waals surface area contributed by atoms with Gasteiger partial charge in [0, 0.05) is 88.7 Å². The summed E-state index contributed by atoms with van der Waals surface area (Å²) in [6.45, 7) is 13.8. The van der Waals surface area contributed by atoms with Crippen LogP contribution in [0, 0.1) is 0 Å². The topological polar surface area (TPSA) is 29.5 Å². The minimum atomic E-state index is -0.370. The van der Waals surface area contributed by atoms with Crippen LogP contribution in [0.25, 0.3) is 155 Å². The maximum Gasteiger partial charge on any atom is 0.252 e. The predicted molar refractivity (Wildman–Crippen MR) is 492 cm³/mol. The molecule has 2 aliphatic rings. The first kappa shape index (κ1) is 68.6. The molecule has 116 heavy (non-hydrogen) atoms. The van der Waals surface area contributed by atoms with E-state index in [0.29, 0.717) is 0 Å². The molecule has 2 aliphatic heterocycles. The van der Waals surface area contributed by atoms with E-state index >= 15 is 0 Å². The average molecular weight is 1490 g/mol. The highest BCUT2D eigenvalue weighted by atomic mass is 16.3. The van der Waals surface area contributed by atoms with Crippen molar-refractivity contribution in [1.29, 1.82) is 0 Å². The van der Waals surface area contributed by atoms with Crippen LogP contribution in [0.4, 0.5) is 34.1 Å². The molecule has 5 nitrogen and oxygen atoms in total. The van der Waals surface area contributed by atoms with E-state index in [1.54, 1.807) is 0 Å². The third kappa shape index (κ3) is 11.0. The number of rotatable bonds is 11. The van der Waals surface area contributed by atoms with Crippen molar-refractivity contribution in [3.8, 4) is 89.3 Å². The van der Waals surface area contributed by atoms with Gasteiger partial charge in [0.15, 0.2) is 0 Å². The molecule has 0 bridgehead atoms. The van der Waals surface area contributed by atoms with E-state index in [4.69, 9.17) is 4.42 Å². The highest BCUT2D eigenvalue weighted by molar-refractivity contribution is 7.00. The first-order valence-corrected chi connectivity index (χ1v) is 40.6. The van der Waals surface area contributed by atoms with Crippen molar-refractivity contribution in [3.63, 3.8) is 0 Å². The van der Waals surface area contributed by atoms with Crippen LogP contribution >= 0.6 is 0 Å². The van der Waals surface area contributed by atoms with Crippen LogP contribution in [0.3, 0.4) is 0 Å². The van der Waals surface area contributed by atoms with E-state index in [1.807, 2.05) is 0 Å². The molecule has 5 heterocycles. The summed E-state index contributed by atoms with van der Waals surface area (Å²) in [6.07, 6.45) is 0. The fourth-order valence-corrected chi connectivity index (χ4v) is 19.1. The van der Waals surface area contributed by atoms with Crippen LogP contribution in [-0.2, 0) is 10.8 Å². The molecule has 0 aliphatic carbocycles. The van der Waals surface area contributed by atoms with E-state index in [2.05, 4.69) is 443 Å². The number of fused-ring (bicyclic) bond motifs is 13. The first-order valence-electron chi connectivity index (χ1n) is 40.6. The number of aromatic nitrogens is 2. The Hall–Kier alpha value is -14.2. The van der Waals surface area contributed by atoms with Gasteiger partial charge in [0.25, 0.3) is 6.71 Å². The number of anilines is 6. The Morgan fingerprint density at radius 3 is 1.01 bits per heavy atom. The standard InChI is InChI=1S/C110H81BN4O/c1-109(2,3)78-66-87(70-33-13-7-14-34-70)107(88(67-78)71-35-15-8-16-36-71)114-96-58-55-75(82-48-31-52-98-104(82)85-46-25-28-50-94(85)112(98)80-41-21-11-22-42-80)62-92(96)111-93-63-76(83-49-32-53-99-105(83)86-47-26-29-51-95(86)113(99)81-43-23-12-24-44-81)56-59-97(93)115(101-65-77(64-100(114)106(101)111)74-57-60-103-91(61-74)84-45-27-30-54-102(84)116-103)108-89(72-37-17-9-18-38-72)68-79(110(4,5)6)69-90(108)73-39-19-10-20-40-73/h7-69H,1-6H3. The fraction of sp³-hybridized carbons (Fsp3) is 0.0727. The SMILES string of the molecule is CC(C)(C)c1cc(-c2ccccc2)c(N2c3ccc(-c4cccc5c4c4ccccc4n5-c4ccccc4)cc3B3c4cc(-c5cccc6c5c5ccccc5n6-c5ccccc5)ccc4N(c4c(-c5ccccc5)cc(C(C)(C)C)cc4-c4ccccc4)c4cc(-c5ccc6oc7ccccc7c6c5)cc2c43)c(-c2ccccc2)c1. The number of hydrogen-bond acceptors (Lipinski definition) is 3. The zero-order valence-corrected chi connectivity index (χ0v) is 65.6. The molecule has 22 rings (SSSR count). The molecule has 20 aromatic rings. The van der Waals surface area contributed by atoms with Gasteiger partial charge in [0.05, 0.1) is 33.4 Å². The minimum Gasteiger partial charge on any atom is -0.456 e. The number of furan rings is 1. The molecule has 0 N–H and O–H groups in total. The summed E-state index contributed by atoms with van der Waals surface area (Å²) in [7, 11) is 0. The Balaban J connectivity index is 0.933. The third-order valence-corrected chi connectivity index (χ3v) is 24.6. The summed E-state index contributed by atoms with van der Waals surface area (Å²) < 4.78 is 11.6. The van der Waals surface area contributed by atoms with Crippen LogP contribution < -0.4 is 26.2 Å². The largest absolute Gasteiger partial charge is 0.456 e. The van der Waals surface area contributed by atoms with E-state index in [0.717, 1.165) is 156 Å². The van der Waals surface area contributed by atoms with E-state index in [1.165, 1.54) is 60.2 Å².